The van der Waals surface area contributed by atoms with Gasteiger partial charge in [0.15, 0.2) is 0 Å². The summed E-state index contributed by atoms with van der Waals surface area (Å²) in [6, 6.07) is 0.0364. The van der Waals surface area contributed by atoms with E-state index in [4.69, 9.17) is 0 Å². The molecule has 0 radical (unpaired) electrons. The number of amides is 2. The zero-order chi connectivity index (χ0) is 8.43. The van der Waals surface area contributed by atoms with E-state index < -0.39 is 0 Å². The Labute approximate surface area is 67.6 Å². The number of nitrogens with one attached hydrogen (secondary N) is 1. The first-order valence-corrected chi connectivity index (χ1v) is 3.86. The summed E-state index contributed by atoms with van der Waals surface area (Å²) in [5.41, 5.74) is 0. The number of carbonyl (C=O) groups is 1. The maximum absolute atomic E-state index is 11.3. The van der Waals surface area contributed by atoms with Gasteiger partial charge in [-0.3, -0.25) is 10.3 Å². The lowest BCUT2D eigenvalue weighted by atomic mass is 9.63. The SMILES string of the molecule is CB1CCN(C)C(=O)N(C)N1. The Kier molecular flexibility index (Phi) is 2.39. The second-order valence-corrected chi connectivity index (χ2v) is 3.08. The van der Waals surface area contributed by atoms with Crippen LogP contribution in [0.25, 0.3) is 0 Å². The predicted molar refractivity (Wildman–Crippen MR) is 45.3 cm³/mol. The highest BCUT2D eigenvalue weighted by molar-refractivity contribution is 6.54. The van der Waals surface area contributed by atoms with E-state index in [0.717, 1.165) is 12.9 Å². The molecule has 0 aromatic rings. The maximum Gasteiger partial charge on any atom is 0.332 e. The van der Waals surface area contributed by atoms with Crippen molar-refractivity contribution < 1.29 is 4.79 Å². The number of rotatable bonds is 0. The van der Waals surface area contributed by atoms with Crippen LogP contribution in [0.15, 0.2) is 0 Å². The third-order valence-corrected chi connectivity index (χ3v) is 1.93. The zero-order valence-corrected chi connectivity index (χ0v) is 7.29. The maximum atomic E-state index is 11.3. The molecule has 0 bridgehead atoms. The van der Waals surface area contributed by atoms with E-state index in [1.165, 1.54) is 5.01 Å². The van der Waals surface area contributed by atoms with Gasteiger partial charge in [0.2, 0.25) is 6.85 Å². The van der Waals surface area contributed by atoms with Gasteiger partial charge in [0.1, 0.15) is 0 Å². The predicted octanol–water partition coefficient (Wildman–Crippen LogP) is 0.109. The van der Waals surface area contributed by atoms with Crippen molar-refractivity contribution in [3.05, 3.63) is 0 Å². The molecule has 0 spiro atoms. The minimum absolute atomic E-state index is 0.0364. The number of hydrogen-bond donors (Lipinski definition) is 1. The molecule has 11 heavy (non-hydrogen) atoms. The van der Waals surface area contributed by atoms with E-state index in [1.807, 2.05) is 7.05 Å². The highest BCUT2D eigenvalue weighted by atomic mass is 16.2. The Hall–Kier alpha value is -0.705. The van der Waals surface area contributed by atoms with Crippen LogP contribution in [0.2, 0.25) is 13.1 Å². The van der Waals surface area contributed by atoms with Gasteiger partial charge in [0.05, 0.1) is 0 Å². The number of carbonyl (C=O) groups excluding carboxylic acids is 1. The third kappa shape index (κ3) is 1.86. The van der Waals surface area contributed by atoms with Gasteiger partial charge in [0, 0.05) is 20.6 Å². The molecule has 4 nitrogen and oxygen atoms in total. The van der Waals surface area contributed by atoms with Crippen molar-refractivity contribution in [2.75, 3.05) is 20.6 Å². The molecule has 1 fully saturated rings. The zero-order valence-electron chi connectivity index (χ0n) is 7.29. The highest BCUT2D eigenvalue weighted by Crippen LogP contribution is 2.01. The van der Waals surface area contributed by atoms with Crippen molar-refractivity contribution >= 4 is 12.9 Å². The number of nitrogens with zero attached hydrogens (tertiary/aromatic N) is 2. The molecule has 1 saturated heterocycles. The standard InChI is InChI=1S/C6H14BN3O/c1-7-4-5-9(2)6(11)10(3)8-7/h8H,4-5H2,1-3H3. The summed E-state index contributed by atoms with van der Waals surface area (Å²) < 4.78 is 0. The molecular formula is C6H14BN3O. The van der Waals surface area contributed by atoms with Gasteiger partial charge in [-0.25, -0.2) is 4.79 Å². The quantitative estimate of drug-likeness (QED) is 0.504. The third-order valence-electron chi connectivity index (χ3n) is 1.93. The number of urea groups is 1. The van der Waals surface area contributed by atoms with E-state index in [0.29, 0.717) is 6.85 Å². The lowest BCUT2D eigenvalue weighted by Gasteiger charge is -2.21. The Morgan fingerprint density at radius 2 is 2.18 bits per heavy atom. The highest BCUT2D eigenvalue weighted by Gasteiger charge is 2.22. The lowest BCUT2D eigenvalue weighted by Crippen LogP contribution is -2.47. The molecule has 0 saturated carbocycles. The van der Waals surface area contributed by atoms with Crippen LogP contribution >= 0.6 is 0 Å². The van der Waals surface area contributed by atoms with E-state index >= 15 is 0 Å². The van der Waals surface area contributed by atoms with Crippen LogP contribution in [-0.4, -0.2) is 43.4 Å². The molecule has 2 amide bonds. The second-order valence-electron chi connectivity index (χ2n) is 3.08. The van der Waals surface area contributed by atoms with Gasteiger partial charge < -0.3 is 4.90 Å². The molecule has 1 aliphatic rings. The minimum atomic E-state index is 0.0364. The molecule has 1 aliphatic heterocycles. The Bertz CT molecular complexity index is 164. The van der Waals surface area contributed by atoms with Gasteiger partial charge in [-0.2, -0.15) is 0 Å². The average Bonchev–Trinajstić information content (AvgIpc) is 2.05. The smallest absolute Gasteiger partial charge is 0.327 e. The number of hydrogen-bond acceptors (Lipinski definition) is 2. The van der Waals surface area contributed by atoms with Crippen molar-refractivity contribution in [3.8, 4) is 0 Å². The van der Waals surface area contributed by atoms with Crippen molar-refractivity contribution in [1.82, 2.24) is 15.2 Å². The largest absolute Gasteiger partial charge is 0.332 e. The van der Waals surface area contributed by atoms with Gasteiger partial charge in [-0.05, 0) is 6.32 Å². The van der Waals surface area contributed by atoms with Crippen LogP contribution < -0.4 is 5.34 Å². The topological polar surface area (TPSA) is 35.6 Å². The van der Waals surface area contributed by atoms with Crippen LogP contribution in [-0.2, 0) is 0 Å². The van der Waals surface area contributed by atoms with E-state index in [9.17, 15) is 4.79 Å². The summed E-state index contributed by atoms with van der Waals surface area (Å²) >= 11 is 0. The van der Waals surface area contributed by atoms with E-state index in [1.54, 1.807) is 11.9 Å². The van der Waals surface area contributed by atoms with Gasteiger partial charge in [-0.15, -0.1) is 0 Å². The van der Waals surface area contributed by atoms with Crippen molar-refractivity contribution in [1.29, 1.82) is 0 Å². The molecule has 0 atom stereocenters. The summed E-state index contributed by atoms with van der Waals surface area (Å²) in [5, 5.41) is 4.60. The summed E-state index contributed by atoms with van der Waals surface area (Å²) in [6.07, 6.45) is 1.01. The first kappa shape index (κ1) is 8.39. The molecule has 1 N–H and O–H groups in total. The van der Waals surface area contributed by atoms with Crippen LogP contribution in [0.4, 0.5) is 4.79 Å². The normalized spacial score (nSPS) is 20.6. The fourth-order valence-corrected chi connectivity index (χ4v) is 1.19. The number of hydrazine groups is 1. The van der Waals surface area contributed by atoms with Crippen LogP contribution in [0, 0.1) is 0 Å². The van der Waals surface area contributed by atoms with Crippen LogP contribution in [0.1, 0.15) is 0 Å². The fourth-order valence-electron chi connectivity index (χ4n) is 1.19. The molecule has 5 heteroatoms. The van der Waals surface area contributed by atoms with E-state index in [-0.39, 0.29) is 6.03 Å². The first-order chi connectivity index (χ1) is 5.11. The molecule has 0 aromatic carbocycles. The molecule has 0 aromatic heterocycles. The van der Waals surface area contributed by atoms with Crippen LogP contribution in [0.5, 0.6) is 0 Å². The van der Waals surface area contributed by atoms with Crippen LogP contribution in [0.3, 0.4) is 0 Å². The minimum Gasteiger partial charge on any atom is -0.327 e. The van der Waals surface area contributed by atoms with Gasteiger partial charge in [0.25, 0.3) is 0 Å². The lowest BCUT2D eigenvalue weighted by molar-refractivity contribution is 0.172. The Balaban J connectivity index is 2.61. The average molecular weight is 155 g/mol. The van der Waals surface area contributed by atoms with Crippen molar-refractivity contribution in [3.63, 3.8) is 0 Å². The summed E-state index contributed by atoms with van der Waals surface area (Å²) in [7, 11) is 3.57. The molecule has 1 heterocycles. The molecular weight excluding hydrogens is 141 g/mol. The van der Waals surface area contributed by atoms with Gasteiger partial charge >= 0.3 is 6.03 Å². The summed E-state index contributed by atoms with van der Waals surface area (Å²) in [5.74, 6) is 0. The summed E-state index contributed by atoms with van der Waals surface area (Å²) in [4.78, 5) is 13.0. The van der Waals surface area contributed by atoms with Crippen molar-refractivity contribution in [2.45, 2.75) is 13.1 Å². The first-order valence-electron chi connectivity index (χ1n) is 3.86. The molecule has 0 aliphatic carbocycles. The Morgan fingerprint density at radius 3 is 2.82 bits per heavy atom. The monoisotopic (exact) mass is 155 g/mol. The molecule has 62 valence electrons. The Morgan fingerprint density at radius 1 is 1.55 bits per heavy atom. The molecule has 1 rings (SSSR count). The summed E-state index contributed by atoms with van der Waals surface area (Å²) in [6.45, 7) is 3.29. The van der Waals surface area contributed by atoms with Gasteiger partial charge in [-0.1, -0.05) is 6.82 Å². The second kappa shape index (κ2) is 3.13. The molecule has 0 unspecified atom stereocenters. The van der Waals surface area contributed by atoms with Crippen molar-refractivity contribution in [2.24, 2.45) is 0 Å². The van der Waals surface area contributed by atoms with E-state index in [2.05, 4.69) is 12.2 Å². The fraction of sp³-hybridized carbons (Fsp3) is 0.833.